The Balaban J connectivity index is 3.88. The minimum absolute atomic E-state index is 0.209. The summed E-state index contributed by atoms with van der Waals surface area (Å²) in [5.74, 6) is 0.209. The molecule has 0 atom stereocenters. The second kappa shape index (κ2) is 7.03. The third kappa shape index (κ3) is 10.3. The van der Waals surface area contributed by atoms with E-state index in [1.54, 1.807) is 0 Å². The minimum Gasteiger partial charge on any atom is -0.356 e. The summed E-state index contributed by atoms with van der Waals surface area (Å²) in [4.78, 5) is 11.6. The average molecular weight is 241 g/mol. The van der Waals surface area contributed by atoms with Crippen molar-refractivity contribution >= 4 is 5.91 Å². The predicted molar refractivity (Wildman–Crippen MR) is 75.0 cm³/mol. The number of hydrogen-bond acceptors (Lipinski definition) is 1. The minimum atomic E-state index is 0.209. The Hall–Kier alpha value is -0.530. The molecule has 0 aliphatic heterocycles. The first-order chi connectivity index (χ1) is 7.66. The Bertz CT molecular complexity index is 226. The van der Waals surface area contributed by atoms with Crippen LogP contribution in [-0.4, -0.2) is 12.5 Å². The number of unbranched alkanes of at least 4 members (excludes halogenated alkanes) is 1. The van der Waals surface area contributed by atoms with Crippen molar-refractivity contribution < 1.29 is 4.79 Å². The van der Waals surface area contributed by atoms with E-state index in [0.29, 0.717) is 11.8 Å². The Labute approximate surface area is 108 Å². The molecule has 0 fully saturated rings. The molecule has 0 aromatic heterocycles. The molecule has 0 aliphatic rings. The SMILES string of the molecule is CCCCNC(=O)CCC(C)(C)CC(C)(C)C. The van der Waals surface area contributed by atoms with E-state index in [4.69, 9.17) is 0 Å². The van der Waals surface area contributed by atoms with Crippen molar-refractivity contribution in [3.63, 3.8) is 0 Å². The Morgan fingerprint density at radius 1 is 1.12 bits per heavy atom. The summed E-state index contributed by atoms with van der Waals surface area (Å²) in [7, 11) is 0. The molecule has 0 unspecified atom stereocenters. The van der Waals surface area contributed by atoms with Crippen LogP contribution in [0.3, 0.4) is 0 Å². The van der Waals surface area contributed by atoms with Crippen LogP contribution < -0.4 is 5.32 Å². The van der Waals surface area contributed by atoms with Gasteiger partial charge in [-0.1, -0.05) is 48.0 Å². The van der Waals surface area contributed by atoms with Crippen LogP contribution in [0.1, 0.15) is 73.6 Å². The molecule has 0 radical (unpaired) electrons. The number of rotatable bonds is 7. The fraction of sp³-hybridized carbons (Fsp3) is 0.933. The summed E-state index contributed by atoms with van der Waals surface area (Å²) in [5, 5.41) is 2.98. The molecule has 0 bridgehead atoms. The molecule has 2 nitrogen and oxygen atoms in total. The zero-order valence-electron chi connectivity index (χ0n) is 12.7. The van der Waals surface area contributed by atoms with Crippen molar-refractivity contribution in [1.29, 1.82) is 0 Å². The van der Waals surface area contributed by atoms with Crippen LogP contribution in [0.5, 0.6) is 0 Å². The van der Waals surface area contributed by atoms with E-state index in [1.807, 2.05) is 0 Å². The lowest BCUT2D eigenvalue weighted by molar-refractivity contribution is -0.121. The molecular weight excluding hydrogens is 210 g/mol. The van der Waals surface area contributed by atoms with Gasteiger partial charge in [0.15, 0.2) is 0 Å². The van der Waals surface area contributed by atoms with Gasteiger partial charge in [-0.2, -0.15) is 0 Å². The first-order valence-corrected chi connectivity index (χ1v) is 6.93. The topological polar surface area (TPSA) is 29.1 Å². The zero-order valence-corrected chi connectivity index (χ0v) is 12.7. The highest BCUT2D eigenvalue weighted by atomic mass is 16.1. The summed E-state index contributed by atoms with van der Waals surface area (Å²) in [6.07, 6.45) is 5.00. The summed E-state index contributed by atoms with van der Waals surface area (Å²) >= 11 is 0. The first kappa shape index (κ1) is 16.5. The van der Waals surface area contributed by atoms with Gasteiger partial charge in [-0.25, -0.2) is 0 Å². The summed E-state index contributed by atoms with van der Waals surface area (Å²) in [6.45, 7) is 14.3. The van der Waals surface area contributed by atoms with Crippen LogP contribution >= 0.6 is 0 Å². The van der Waals surface area contributed by atoms with E-state index in [-0.39, 0.29) is 11.3 Å². The van der Waals surface area contributed by atoms with Gasteiger partial charge < -0.3 is 5.32 Å². The van der Waals surface area contributed by atoms with Crippen molar-refractivity contribution in [3.8, 4) is 0 Å². The highest BCUT2D eigenvalue weighted by Crippen LogP contribution is 2.36. The largest absolute Gasteiger partial charge is 0.356 e. The van der Waals surface area contributed by atoms with Crippen molar-refractivity contribution in [1.82, 2.24) is 5.32 Å². The van der Waals surface area contributed by atoms with Crippen LogP contribution in [-0.2, 0) is 4.79 Å². The van der Waals surface area contributed by atoms with Crippen LogP contribution in [0.25, 0.3) is 0 Å². The van der Waals surface area contributed by atoms with Gasteiger partial charge >= 0.3 is 0 Å². The van der Waals surface area contributed by atoms with Crippen molar-refractivity contribution in [3.05, 3.63) is 0 Å². The third-order valence-electron chi connectivity index (χ3n) is 2.89. The Morgan fingerprint density at radius 2 is 1.71 bits per heavy atom. The van der Waals surface area contributed by atoms with E-state index in [2.05, 4.69) is 46.9 Å². The van der Waals surface area contributed by atoms with Gasteiger partial charge in [0.05, 0.1) is 0 Å². The van der Waals surface area contributed by atoms with E-state index in [0.717, 1.165) is 32.2 Å². The van der Waals surface area contributed by atoms with Gasteiger partial charge in [-0.15, -0.1) is 0 Å². The molecule has 0 aliphatic carbocycles. The highest BCUT2D eigenvalue weighted by molar-refractivity contribution is 5.75. The lowest BCUT2D eigenvalue weighted by Gasteiger charge is -2.32. The molecule has 0 saturated carbocycles. The number of amides is 1. The van der Waals surface area contributed by atoms with Crippen LogP contribution in [0.4, 0.5) is 0 Å². The van der Waals surface area contributed by atoms with Gasteiger partial charge in [0.1, 0.15) is 0 Å². The molecule has 0 spiro atoms. The van der Waals surface area contributed by atoms with E-state index >= 15 is 0 Å². The lowest BCUT2D eigenvalue weighted by atomic mass is 9.74. The Kier molecular flexibility index (Phi) is 6.81. The molecule has 17 heavy (non-hydrogen) atoms. The first-order valence-electron chi connectivity index (χ1n) is 6.93. The third-order valence-corrected chi connectivity index (χ3v) is 2.89. The maximum atomic E-state index is 11.6. The molecule has 0 saturated heterocycles. The van der Waals surface area contributed by atoms with E-state index in [9.17, 15) is 4.79 Å². The summed E-state index contributed by atoms with van der Waals surface area (Å²) < 4.78 is 0. The average Bonchev–Trinajstić information content (AvgIpc) is 2.12. The van der Waals surface area contributed by atoms with Crippen LogP contribution in [0.2, 0.25) is 0 Å². The molecule has 1 N–H and O–H groups in total. The molecule has 102 valence electrons. The maximum Gasteiger partial charge on any atom is 0.220 e. The normalized spacial score (nSPS) is 12.6. The molecule has 0 aromatic carbocycles. The molecule has 0 aromatic rings. The maximum absolute atomic E-state index is 11.6. The van der Waals surface area contributed by atoms with Gasteiger partial charge in [0, 0.05) is 13.0 Å². The van der Waals surface area contributed by atoms with Crippen LogP contribution in [0.15, 0.2) is 0 Å². The van der Waals surface area contributed by atoms with Crippen molar-refractivity contribution in [2.24, 2.45) is 10.8 Å². The standard InChI is InChI=1S/C15H31NO/c1-7-8-11-16-13(17)9-10-15(5,6)12-14(2,3)4/h7-12H2,1-6H3,(H,16,17). The van der Waals surface area contributed by atoms with Gasteiger partial charge in [-0.05, 0) is 30.1 Å². The smallest absolute Gasteiger partial charge is 0.220 e. The quantitative estimate of drug-likeness (QED) is 0.667. The van der Waals surface area contributed by atoms with Crippen LogP contribution in [0, 0.1) is 10.8 Å². The predicted octanol–water partition coefficient (Wildman–Crippen LogP) is 4.15. The monoisotopic (exact) mass is 241 g/mol. The number of hydrogen-bond donors (Lipinski definition) is 1. The van der Waals surface area contributed by atoms with Gasteiger partial charge in [0.25, 0.3) is 0 Å². The van der Waals surface area contributed by atoms with E-state index < -0.39 is 0 Å². The zero-order chi connectivity index (χ0) is 13.5. The second-order valence-corrected chi connectivity index (χ2v) is 7.11. The molecule has 0 rings (SSSR count). The number of carbonyl (C=O) groups is 1. The molecule has 2 heteroatoms. The lowest BCUT2D eigenvalue weighted by Crippen LogP contribution is -2.27. The summed E-state index contributed by atoms with van der Waals surface area (Å²) in [6, 6.07) is 0. The van der Waals surface area contributed by atoms with Gasteiger partial charge in [-0.3, -0.25) is 4.79 Å². The van der Waals surface area contributed by atoms with Crippen molar-refractivity contribution in [2.75, 3.05) is 6.54 Å². The Morgan fingerprint density at radius 3 is 2.18 bits per heavy atom. The van der Waals surface area contributed by atoms with Crippen molar-refractivity contribution in [2.45, 2.75) is 73.6 Å². The highest BCUT2D eigenvalue weighted by Gasteiger charge is 2.25. The number of nitrogens with one attached hydrogen (secondary N) is 1. The summed E-state index contributed by atoms with van der Waals surface area (Å²) in [5.41, 5.74) is 0.586. The fourth-order valence-corrected chi connectivity index (χ4v) is 2.47. The number of carbonyl (C=O) groups excluding carboxylic acids is 1. The van der Waals surface area contributed by atoms with Gasteiger partial charge in [0.2, 0.25) is 5.91 Å². The molecule has 0 heterocycles. The molecule has 1 amide bonds. The fourth-order valence-electron chi connectivity index (χ4n) is 2.47. The van der Waals surface area contributed by atoms with E-state index in [1.165, 1.54) is 0 Å². The second-order valence-electron chi connectivity index (χ2n) is 7.11. The molecular formula is C15H31NO.